The van der Waals surface area contributed by atoms with E-state index in [1.807, 2.05) is 12.4 Å². The van der Waals surface area contributed by atoms with Crippen molar-refractivity contribution >= 4 is 33.1 Å². The third-order valence-corrected chi connectivity index (χ3v) is 4.87. The number of nitrogens with two attached hydrogens (primary N) is 1. The monoisotopic (exact) mass is 356 g/mol. The van der Waals surface area contributed by atoms with E-state index in [0.29, 0.717) is 4.99 Å². The van der Waals surface area contributed by atoms with Crippen molar-refractivity contribution in [2.24, 2.45) is 5.73 Å². The van der Waals surface area contributed by atoms with Gasteiger partial charge in [0.1, 0.15) is 0 Å². The van der Waals surface area contributed by atoms with Gasteiger partial charge in [-0.25, -0.2) is 0 Å². The van der Waals surface area contributed by atoms with Crippen molar-refractivity contribution in [2.45, 2.75) is 25.9 Å². The van der Waals surface area contributed by atoms with Crippen LogP contribution >= 0.6 is 28.1 Å². The molecule has 0 spiro atoms. The summed E-state index contributed by atoms with van der Waals surface area (Å²) < 4.78 is 1.03. The molecule has 0 aliphatic carbocycles. The second-order valence-electron chi connectivity index (χ2n) is 5.70. The van der Waals surface area contributed by atoms with E-state index in [2.05, 4.69) is 50.6 Å². The summed E-state index contributed by atoms with van der Waals surface area (Å²) in [4.78, 5) is 9.59. The minimum atomic E-state index is -0.196. The summed E-state index contributed by atoms with van der Waals surface area (Å²) in [7, 11) is 0. The fourth-order valence-corrected chi connectivity index (χ4v) is 2.96. The standard InChI is InChI=1S/C14H21BrN4S/c1-14(2,13(16)20)19-5-3-18(4-6-19)10-11-7-12(15)9-17-8-11/h7-9H,3-6,10H2,1-2H3,(H2,16,20). The molecule has 0 unspecified atom stereocenters. The smallest absolute Gasteiger partial charge is 0.0928 e. The molecule has 20 heavy (non-hydrogen) atoms. The number of hydrogen-bond acceptors (Lipinski definition) is 4. The van der Waals surface area contributed by atoms with Gasteiger partial charge in [0.25, 0.3) is 0 Å². The average molecular weight is 357 g/mol. The van der Waals surface area contributed by atoms with Crippen molar-refractivity contribution < 1.29 is 0 Å². The van der Waals surface area contributed by atoms with Gasteiger partial charge in [-0.05, 0) is 41.4 Å². The van der Waals surface area contributed by atoms with E-state index in [1.54, 1.807) is 0 Å². The Morgan fingerprint density at radius 1 is 1.35 bits per heavy atom. The van der Waals surface area contributed by atoms with Crippen LogP contribution in [0.25, 0.3) is 0 Å². The zero-order chi connectivity index (χ0) is 14.8. The average Bonchev–Trinajstić information content (AvgIpc) is 2.39. The SMILES string of the molecule is CC(C)(C(N)=S)N1CCN(Cc2cncc(Br)c2)CC1. The van der Waals surface area contributed by atoms with E-state index >= 15 is 0 Å². The van der Waals surface area contributed by atoms with Gasteiger partial charge in [-0.2, -0.15) is 0 Å². The molecule has 1 aliphatic heterocycles. The summed E-state index contributed by atoms with van der Waals surface area (Å²) >= 11 is 8.63. The van der Waals surface area contributed by atoms with E-state index in [-0.39, 0.29) is 5.54 Å². The lowest BCUT2D eigenvalue weighted by Crippen LogP contribution is -2.59. The minimum absolute atomic E-state index is 0.196. The van der Waals surface area contributed by atoms with Crippen molar-refractivity contribution in [1.82, 2.24) is 14.8 Å². The van der Waals surface area contributed by atoms with Gasteiger partial charge >= 0.3 is 0 Å². The fourth-order valence-electron chi connectivity index (χ4n) is 2.42. The molecule has 1 aromatic heterocycles. The first-order valence-corrected chi connectivity index (χ1v) is 7.96. The molecule has 2 N–H and O–H groups in total. The molecule has 1 saturated heterocycles. The van der Waals surface area contributed by atoms with Gasteiger partial charge < -0.3 is 5.73 Å². The number of rotatable bonds is 4. The summed E-state index contributed by atoms with van der Waals surface area (Å²) in [5, 5.41) is 0. The highest BCUT2D eigenvalue weighted by Crippen LogP contribution is 2.19. The van der Waals surface area contributed by atoms with Gasteiger partial charge in [-0.1, -0.05) is 12.2 Å². The van der Waals surface area contributed by atoms with Gasteiger partial charge in [0, 0.05) is 49.6 Å². The van der Waals surface area contributed by atoms with Crippen molar-refractivity contribution in [2.75, 3.05) is 26.2 Å². The van der Waals surface area contributed by atoms with Crippen LogP contribution < -0.4 is 5.73 Å². The van der Waals surface area contributed by atoms with Gasteiger partial charge in [0.2, 0.25) is 0 Å². The molecule has 1 aromatic rings. The minimum Gasteiger partial charge on any atom is -0.392 e. The van der Waals surface area contributed by atoms with E-state index in [0.717, 1.165) is 37.2 Å². The molecule has 2 heterocycles. The number of piperazine rings is 1. The predicted molar refractivity (Wildman–Crippen MR) is 89.7 cm³/mol. The Labute approximate surface area is 134 Å². The highest BCUT2D eigenvalue weighted by Gasteiger charge is 2.32. The van der Waals surface area contributed by atoms with Gasteiger partial charge in [0.15, 0.2) is 0 Å². The summed E-state index contributed by atoms with van der Waals surface area (Å²) in [6.07, 6.45) is 3.74. The summed E-state index contributed by atoms with van der Waals surface area (Å²) in [5.74, 6) is 0. The second kappa shape index (κ2) is 6.47. The zero-order valence-electron chi connectivity index (χ0n) is 12.0. The first-order valence-electron chi connectivity index (χ1n) is 6.76. The number of thiocarbonyl (C=S) groups is 1. The first kappa shape index (κ1) is 15.8. The number of aromatic nitrogens is 1. The number of halogens is 1. The molecule has 1 fully saturated rings. The fraction of sp³-hybridized carbons (Fsp3) is 0.571. The first-order chi connectivity index (χ1) is 9.39. The topological polar surface area (TPSA) is 45.4 Å². The highest BCUT2D eigenvalue weighted by molar-refractivity contribution is 9.10. The molecule has 4 nitrogen and oxygen atoms in total. The molecule has 0 aromatic carbocycles. The third-order valence-electron chi connectivity index (χ3n) is 3.93. The van der Waals surface area contributed by atoms with Crippen LogP contribution in [0, 0.1) is 0 Å². The molecule has 6 heteroatoms. The third kappa shape index (κ3) is 3.75. The molecule has 110 valence electrons. The van der Waals surface area contributed by atoms with Crippen LogP contribution in [0.15, 0.2) is 22.9 Å². The van der Waals surface area contributed by atoms with E-state index < -0.39 is 0 Å². The lowest BCUT2D eigenvalue weighted by molar-refractivity contribution is 0.0821. The van der Waals surface area contributed by atoms with Crippen LogP contribution in [0.4, 0.5) is 0 Å². The van der Waals surface area contributed by atoms with Gasteiger partial charge in [-0.3, -0.25) is 14.8 Å². The van der Waals surface area contributed by atoms with Crippen LogP contribution in [0.1, 0.15) is 19.4 Å². The lowest BCUT2D eigenvalue weighted by atomic mass is 10.0. The predicted octanol–water partition coefficient (Wildman–Crippen LogP) is 2.03. The van der Waals surface area contributed by atoms with E-state index in [4.69, 9.17) is 18.0 Å². The molecule has 0 atom stereocenters. The molecule has 2 rings (SSSR count). The van der Waals surface area contributed by atoms with Crippen LogP contribution in [0.5, 0.6) is 0 Å². The van der Waals surface area contributed by atoms with E-state index in [9.17, 15) is 0 Å². The van der Waals surface area contributed by atoms with Gasteiger partial charge in [-0.15, -0.1) is 0 Å². The lowest BCUT2D eigenvalue weighted by Gasteiger charge is -2.43. The normalized spacial score (nSPS) is 18.1. The number of nitrogens with zero attached hydrogens (tertiary/aromatic N) is 3. The molecule has 0 bridgehead atoms. The Morgan fingerprint density at radius 2 is 2.00 bits per heavy atom. The van der Waals surface area contributed by atoms with Crippen LogP contribution in [-0.2, 0) is 6.54 Å². The molecular weight excluding hydrogens is 336 g/mol. The summed E-state index contributed by atoms with van der Waals surface area (Å²) in [6.45, 7) is 9.18. The van der Waals surface area contributed by atoms with Crippen molar-refractivity contribution in [1.29, 1.82) is 0 Å². The van der Waals surface area contributed by atoms with Crippen molar-refractivity contribution in [3.63, 3.8) is 0 Å². The van der Waals surface area contributed by atoms with Crippen LogP contribution in [0.3, 0.4) is 0 Å². The maximum absolute atomic E-state index is 5.84. The molecule has 0 amide bonds. The quantitative estimate of drug-likeness (QED) is 0.836. The number of hydrogen-bond donors (Lipinski definition) is 1. The molecule has 1 aliphatic rings. The summed E-state index contributed by atoms with van der Waals surface area (Å²) in [5.41, 5.74) is 6.88. The largest absolute Gasteiger partial charge is 0.392 e. The van der Waals surface area contributed by atoms with E-state index in [1.165, 1.54) is 5.56 Å². The maximum atomic E-state index is 5.84. The summed E-state index contributed by atoms with van der Waals surface area (Å²) in [6, 6.07) is 2.12. The Kier molecular flexibility index (Phi) is 5.12. The molecule has 0 saturated carbocycles. The molecular formula is C14H21BrN4S. The van der Waals surface area contributed by atoms with Crippen molar-refractivity contribution in [3.8, 4) is 0 Å². The van der Waals surface area contributed by atoms with Crippen LogP contribution in [-0.4, -0.2) is 51.5 Å². The second-order valence-corrected chi connectivity index (χ2v) is 7.05. The Bertz CT molecular complexity index is 484. The van der Waals surface area contributed by atoms with Gasteiger partial charge in [0.05, 0.1) is 10.5 Å². The Balaban J connectivity index is 1.90. The highest BCUT2D eigenvalue weighted by atomic mass is 79.9. The molecule has 0 radical (unpaired) electrons. The Morgan fingerprint density at radius 3 is 2.55 bits per heavy atom. The zero-order valence-corrected chi connectivity index (χ0v) is 14.4. The number of pyridine rings is 1. The van der Waals surface area contributed by atoms with Crippen molar-refractivity contribution in [3.05, 3.63) is 28.5 Å². The Hall–Kier alpha value is -0.560. The van der Waals surface area contributed by atoms with Crippen LogP contribution in [0.2, 0.25) is 0 Å². The maximum Gasteiger partial charge on any atom is 0.0928 e.